The van der Waals surface area contributed by atoms with Crippen LogP contribution in [0.15, 0.2) is 30.5 Å². The third kappa shape index (κ3) is 14.3. The van der Waals surface area contributed by atoms with Gasteiger partial charge in [0, 0.05) is 69.7 Å². The van der Waals surface area contributed by atoms with Gasteiger partial charge in [0.15, 0.2) is 12.6 Å². The number of nitrogens with zero attached hydrogens (tertiary/aromatic N) is 5. The van der Waals surface area contributed by atoms with Crippen LogP contribution in [0.5, 0.6) is 5.75 Å². The highest BCUT2D eigenvalue weighted by Crippen LogP contribution is 2.40. The van der Waals surface area contributed by atoms with Crippen molar-refractivity contribution in [2.24, 2.45) is 23.7 Å². The van der Waals surface area contributed by atoms with Gasteiger partial charge in [-0.05, 0) is 107 Å². The van der Waals surface area contributed by atoms with E-state index in [1.165, 1.54) is 19.6 Å². The van der Waals surface area contributed by atoms with Crippen molar-refractivity contribution in [3.8, 4) is 5.75 Å². The molecule has 19 atom stereocenters. The van der Waals surface area contributed by atoms with E-state index in [-0.39, 0.29) is 37.2 Å². The van der Waals surface area contributed by atoms with Crippen molar-refractivity contribution >= 4 is 5.97 Å². The molecule has 0 radical (unpaired) electrons. The second-order valence-corrected chi connectivity index (χ2v) is 22.1. The number of hydrogen-bond acceptors (Lipinski definition) is 17. The smallest absolute Gasteiger partial charge is 0.311 e. The van der Waals surface area contributed by atoms with Crippen LogP contribution in [0.3, 0.4) is 0 Å². The summed E-state index contributed by atoms with van der Waals surface area (Å²) >= 11 is 0. The summed E-state index contributed by atoms with van der Waals surface area (Å²) in [6, 6.07) is 7.03. The average Bonchev–Trinajstić information content (AvgIpc) is 3.75. The van der Waals surface area contributed by atoms with Crippen LogP contribution in [-0.4, -0.2) is 187 Å². The number of ether oxygens (including phenoxy) is 7. The Morgan fingerprint density at radius 1 is 0.971 bits per heavy atom. The third-order valence-electron chi connectivity index (χ3n) is 15.5. The van der Waals surface area contributed by atoms with Gasteiger partial charge in [0.1, 0.15) is 35.8 Å². The lowest BCUT2D eigenvalue weighted by Crippen LogP contribution is -2.61. The number of esters is 1. The number of hydrogen-bond donors (Lipinski definition) is 5. The minimum Gasteiger partial charge on any atom is -0.493 e. The van der Waals surface area contributed by atoms with Gasteiger partial charge < -0.3 is 68.5 Å². The molecule has 0 spiro atoms. The fourth-order valence-electron chi connectivity index (χ4n) is 10.9. The predicted molar refractivity (Wildman–Crippen MR) is 263 cm³/mol. The van der Waals surface area contributed by atoms with Crippen molar-refractivity contribution < 1.29 is 63.5 Å². The number of carbonyl (C=O) groups is 1. The number of likely N-dealkylation sites (N-methyl/N-ethyl adjacent to an activating group) is 2. The molecule has 0 saturated carbocycles. The maximum absolute atomic E-state index is 14.5. The Hall–Kier alpha value is -2.85. The van der Waals surface area contributed by atoms with Crippen LogP contribution in [0.25, 0.3) is 0 Å². The summed E-state index contributed by atoms with van der Waals surface area (Å²) in [5.41, 5.74) is -2.52. The molecule has 0 amide bonds. The van der Waals surface area contributed by atoms with Crippen LogP contribution in [0, 0.1) is 30.6 Å². The van der Waals surface area contributed by atoms with Gasteiger partial charge in [-0.1, -0.05) is 50.6 Å². The minimum atomic E-state index is -1.83. The van der Waals surface area contributed by atoms with Gasteiger partial charge in [0.2, 0.25) is 0 Å². The van der Waals surface area contributed by atoms with E-state index in [4.69, 9.17) is 33.2 Å². The average molecular weight is 992 g/mol. The largest absolute Gasteiger partial charge is 0.493 e. The Kier molecular flexibility index (Phi) is 20.3. The summed E-state index contributed by atoms with van der Waals surface area (Å²) in [6.45, 7) is 23.9. The number of aromatic nitrogens is 3. The van der Waals surface area contributed by atoms with E-state index in [1.807, 2.05) is 81.8 Å². The number of benzene rings is 1. The number of cyclic esters (lactones) is 1. The first kappa shape index (κ1) is 58.0. The number of methoxy groups -OCH3 is 1. The highest BCUT2D eigenvalue weighted by atomic mass is 16.7. The number of aliphatic hydroxyl groups excluding tert-OH is 3. The van der Waals surface area contributed by atoms with E-state index in [9.17, 15) is 30.3 Å². The quantitative estimate of drug-likeness (QED) is 0.159. The lowest BCUT2D eigenvalue weighted by atomic mass is 9.77. The predicted octanol–water partition coefficient (Wildman–Crippen LogP) is 4.13. The highest BCUT2D eigenvalue weighted by molar-refractivity contribution is 5.73. The van der Waals surface area contributed by atoms with Crippen LogP contribution in [0.1, 0.15) is 113 Å². The normalized spacial score (nSPS) is 40.3. The van der Waals surface area contributed by atoms with Crippen molar-refractivity contribution in [2.45, 2.75) is 212 Å². The van der Waals surface area contributed by atoms with Crippen LogP contribution < -0.4 is 4.74 Å². The van der Waals surface area contributed by atoms with E-state index in [2.05, 4.69) is 22.1 Å². The van der Waals surface area contributed by atoms with Crippen LogP contribution in [0.2, 0.25) is 0 Å². The molecule has 1 aromatic heterocycles. The van der Waals surface area contributed by atoms with Crippen molar-refractivity contribution in [3.05, 3.63) is 41.7 Å². The molecule has 3 aliphatic heterocycles. The molecule has 3 fully saturated rings. The second kappa shape index (κ2) is 24.5. The molecule has 18 nitrogen and oxygen atoms in total. The van der Waals surface area contributed by atoms with E-state index < -0.39 is 102 Å². The Morgan fingerprint density at radius 2 is 1.64 bits per heavy atom. The molecule has 400 valence electrons. The molecule has 4 heterocycles. The molecule has 3 saturated heterocycles. The zero-order valence-corrected chi connectivity index (χ0v) is 44.7. The number of carbonyl (C=O) groups excluding carboxylic acids is 1. The van der Waals surface area contributed by atoms with Gasteiger partial charge in [0.25, 0.3) is 0 Å². The molecule has 0 aliphatic carbocycles. The maximum atomic E-state index is 14.5. The first-order chi connectivity index (χ1) is 32.7. The molecule has 1 aromatic carbocycles. The van der Waals surface area contributed by atoms with Gasteiger partial charge in [-0.15, -0.1) is 5.10 Å². The highest BCUT2D eigenvalue weighted by Gasteiger charge is 2.53. The zero-order chi connectivity index (χ0) is 52.0. The summed E-state index contributed by atoms with van der Waals surface area (Å²) in [5.74, 6) is -1.73. The van der Waals surface area contributed by atoms with Crippen LogP contribution in [0.4, 0.5) is 0 Å². The van der Waals surface area contributed by atoms with Crippen LogP contribution in [-0.2, 0) is 46.2 Å². The van der Waals surface area contributed by atoms with Crippen molar-refractivity contribution in [3.63, 3.8) is 0 Å². The third-order valence-corrected chi connectivity index (χ3v) is 15.5. The second-order valence-electron chi connectivity index (χ2n) is 22.1. The minimum absolute atomic E-state index is 0.108. The maximum Gasteiger partial charge on any atom is 0.311 e. The molecule has 5 N–H and O–H groups in total. The number of rotatable bonds is 15. The fraction of sp³-hybridized carbons (Fsp3) is 0.827. The van der Waals surface area contributed by atoms with Crippen LogP contribution >= 0.6 is 0 Å². The zero-order valence-electron chi connectivity index (χ0n) is 44.7. The molecule has 2 aromatic rings. The molecule has 18 heteroatoms. The molecule has 5 rings (SSSR count). The fourth-order valence-corrected chi connectivity index (χ4v) is 10.9. The van der Waals surface area contributed by atoms with Gasteiger partial charge in [-0.25, -0.2) is 0 Å². The summed E-state index contributed by atoms with van der Waals surface area (Å²) in [7, 11) is 5.30. The molecule has 0 unspecified atom stereocenters. The Labute approximate surface area is 417 Å². The summed E-state index contributed by atoms with van der Waals surface area (Å²) in [6.07, 6.45) is -6.39. The van der Waals surface area contributed by atoms with Gasteiger partial charge in [0.05, 0.1) is 53.8 Å². The number of aryl methyl sites for hydroxylation is 1. The summed E-state index contributed by atoms with van der Waals surface area (Å²) < 4.78 is 46.1. The SMILES string of the molecule is CC[C@H]1OC(=O)[C@H](C)[C@@H](O[C@H]2C[C@@](C)(OC)[C@@H](O)[C@H](C)O2)[C@H](C)[C@@H](O[C@@H]2O[C@H](C)C[C@H](N(C)CCc3cn(C[C@H](C)COc4ccc(C)cc4)nn3)[C@H]2O)[C@](C)(O)C[C@@H](C)CN(C)[C@H](C)[C@@H](O)[C@]1(C)O. The summed E-state index contributed by atoms with van der Waals surface area (Å²) in [4.78, 5) is 18.5. The molecular formula is C52H89N5O13. The van der Waals surface area contributed by atoms with Crippen molar-refractivity contribution in [1.29, 1.82) is 0 Å². The van der Waals surface area contributed by atoms with Crippen molar-refractivity contribution in [2.75, 3.05) is 40.9 Å². The molecule has 3 aliphatic rings. The van der Waals surface area contributed by atoms with E-state index in [0.29, 0.717) is 39.1 Å². The van der Waals surface area contributed by atoms with E-state index in [0.717, 1.165) is 11.4 Å². The van der Waals surface area contributed by atoms with Crippen molar-refractivity contribution in [1.82, 2.24) is 24.8 Å². The van der Waals surface area contributed by atoms with Gasteiger partial charge >= 0.3 is 5.97 Å². The summed E-state index contributed by atoms with van der Waals surface area (Å²) in [5, 5.41) is 68.5. The first-order valence-corrected chi connectivity index (χ1v) is 25.6. The standard InChI is InChI=1S/C52H89N5O13/c1-16-41-52(12,63)45(59)36(8)56(14)26-31(3)24-50(10,62)47(34(6)44(35(7)48(61)68-41)69-42-25-51(11,64-15)46(60)37(9)67-42)70-49-43(58)40(23-33(5)66-49)55(13)22-21-38-28-57(54-53-38)27-32(4)29-65-39-19-17-30(2)18-20-39/h17-20,28,31-37,40-47,49,58-60,62-63H,16,21-27,29H2,1-15H3/t31-,32+,33-,34+,35-,36-,37+,40+,41-,42+,43-,44+,45-,46+,47-,49+,50-,51-,52-/m1/s1. The Balaban J connectivity index is 1.40. The van der Waals surface area contributed by atoms with E-state index >= 15 is 0 Å². The number of aliphatic hydroxyl groups is 5. The molecule has 0 bridgehead atoms. The molecular weight excluding hydrogens is 903 g/mol. The Bertz CT molecular complexity index is 1920. The monoisotopic (exact) mass is 992 g/mol. The lowest BCUT2D eigenvalue weighted by Gasteiger charge is -2.49. The molecule has 70 heavy (non-hydrogen) atoms. The van der Waals surface area contributed by atoms with Gasteiger partial charge in [-0.3, -0.25) is 9.48 Å². The van der Waals surface area contributed by atoms with Gasteiger partial charge in [-0.2, -0.15) is 0 Å². The first-order valence-electron chi connectivity index (χ1n) is 25.6. The van der Waals surface area contributed by atoms with E-state index in [1.54, 1.807) is 41.5 Å². The topological polar surface area (TPSA) is 220 Å². The lowest BCUT2D eigenvalue weighted by molar-refractivity contribution is -0.318. The Morgan fingerprint density at radius 3 is 2.29 bits per heavy atom.